The molecular formula is C18H18N2O3S. The van der Waals surface area contributed by atoms with Crippen LogP contribution in [0.15, 0.2) is 45.7 Å². The number of aromatic nitrogens is 1. The molecule has 0 aliphatic heterocycles. The smallest absolute Gasteiger partial charge is 0.261 e. The molecular weight excluding hydrogens is 324 g/mol. The van der Waals surface area contributed by atoms with Crippen molar-refractivity contribution in [3.05, 3.63) is 53.4 Å². The van der Waals surface area contributed by atoms with Gasteiger partial charge in [-0.1, -0.05) is 6.07 Å². The Kier molecular flexibility index (Phi) is 3.57. The van der Waals surface area contributed by atoms with Gasteiger partial charge in [0, 0.05) is 13.0 Å². The quantitative estimate of drug-likeness (QED) is 0.785. The molecule has 24 heavy (non-hydrogen) atoms. The van der Waals surface area contributed by atoms with E-state index in [9.17, 15) is 8.42 Å². The molecule has 1 aliphatic rings. The first-order chi connectivity index (χ1) is 11.5. The van der Waals surface area contributed by atoms with E-state index >= 15 is 0 Å². The van der Waals surface area contributed by atoms with Crippen LogP contribution < -0.4 is 4.72 Å². The fourth-order valence-electron chi connectivity index (χ4n) is 3.19. The molecule has 1 N–H and O–H groups in total. The molecule has 2 aromatic carbocycles. The summed E-state index contributed by atoms with van der Waals surface area (Å²) in [5.41, 5.74) is 4.16. The summed E-state index contributed by atoms with van der Waals surface area (Å²) in [6.07, 6.45) is 4.27. The number of benzene rings is 2. The third-order valence-electron chi connectivity index (χ3n) is 4.38. The monoisotopic (exact) mass is 342 g/mol. The lowest BCUT2D eigenvalue weighted by atomic mass is 9.92. The number of nitrogens with zero attached hydrogens (tertiary/aromatic N) is 1. The normalized spacial score (nSPS) is 14.5. The third-order valence-corrected chi connectivity index (χ3v) is 5.76. The molecule has 0 saturated carbocycles. The number of fused-ring (bicyclic) bond motifs is 2. The van der Waals surface area contributed by atoms with E-state index in [2.05, 4.69) is 9.71 Å². The van der Waals surface area contributed by atoms with Crippen molar-refractivity contribution >= 4 is 26.8 Å². The number of aryl methyl sites for hydroxylation is 3. The van der Waals surface area contributed by atoms with Crippen LogP contribution in [0, 0.1) is 6.92 Å². The Morgan fingerprint density at radius 2 is 1.83 bits per heavy atom. The first kappa shape index (κ1) is 15.2. The van der Waals surface area contributed by atoms with Gasteiger partial charge in [0.15, 0.2) is 11.5 Å². The van der Waals surface area contributed by atoms with E-state index in [1.54, 1.807) is 37.3 Å². The van der Waals surface area contributed by atoms with Crippen molar-refractivity contribution in [3.8, 4) is 0 Å². The molecule has 0 saturated heterocycles. The summed E-state index contributed by atoms with van der Waals surface area (Å²) in [5.74, 6) is 0.555. The summed E-state index contributed by atoms with van der Waals surface area (Å²) in [6, 6.07) is 10.5. The molecule has 6 heteroatoms. The van der Waals surface area contributed by atoms with E-state index in [0.717, 1.165) is 24.8 Å². The standard InChI is InChI=1S/C18H18N2O3S/c1-12-19-17-9-7-15(11-18(17)23-12)20-24(21,22)16-8-6-13-4-2-3-5-14(13)10-16/h6-11,20H,2-5H2,1H3. The fraction of sp³-hybridized carbons (Fsp3) is 0.278. The average molecular weight is 342 g/mol. The van der Waals surface area contributed by atoms with Gasteiger partial charge < -0.3 is 4.42 Å². The average Bonchev–Trinajstić information content (AvgIpc) is 2.93. The van der Waals surface area contributed by atoms with Crippen molar-refractivity contribution in [2.24, 2.45) is 0 Å². The molecule has 0 amide bonds. The van der Waals surface area contributed by atoms with E-state index in [-0.39, 0.29) is 0 Å². The lowest BCUT2D eigenvalue weighted by Gasteiger charge is -2.17. The second kappa shape index (κ2) is 5.63. The van der Waals surface area contributed by atoms with Crippen LogP contribution in [0.1, 0.15) is 29.9 Å². The molecule has 0 fully saturated rings. The minimum atomic E-state index is -3.62. The Balaban J connectivity index is 1.66. The molecule has 1 aliphatic carbocycles. The number of sulfonamides is 1. The molecule has 0 spiro atoms. The van der Waals surface area contributed by atoms with Gasteiger partial charge >= 0.3 is 0 Å². The Labute approximate surface area is 140 Å². The summed E-state index contributed by atoms with van der Waals surface area (Å²) in [4.78, 5) is 4.52. The van der Waals surface area contributed by atoms with E-state index in [1.165, 1.54) is 12.0 Å². The lowest BCUT2D eigenvalue weighted by molar-refractivity contribution is 0.561. The maximum atomic E-state index is 12.7. The summed E-state index contributed by atoms with van der Waals surface area (Å²) < 4.78 is 33.4. The number of oxazole rings is 1. The van der Waals surface area contributed by atoms with Gasteiger partial charge in [-0.25, -0.2) is 13.4 Å². The minimum Gasteiger partial charge on any atom is -0.441 e. The molecule has 0 radical (unpaired) electrons. The summed E-state index contributed by atoms with van der Waals surface area (Å²) in [6.45, 7) is 1.76. The zero-order valence-corrected chi connectivity index (χ0v) is 14.2. The highest BCUT2D eigenvalue weighted by molar-refractivity contribution is 7.92. The molecule has 0 unspecified atom stereocenters. The first-order valence-corrected chi connectivity index (χ1v) is 9.51. The van der Waals surface area contributed by atoms with Crippen LogP contribution in [0.5, 0.6) is 0 Å². The van der Waals surface area contributed by atoms with Crippen LogP contribution in [0.4, 0.5) is 5.69 Å². The second-order valence-electron chi connectivity index (χ2n) is 6.16. The number of rotatable bonds is 3. The van der Waals surface area contributed by atoms with Crippen LogP contribution >= 0.6 is 0 Å². The van der Waals surface area contributed by atoms with Gasteiger partial charge in [0.05, 0.1) is 10.6 Å². The van der Waals surface area contributed by atoms with Crippen molar-refractivity contribution in [1.29, 1.82) is 0 Å². The van der Waals surface area contributed by atoms with Crippen LogP contribution in [-0.4, -0.2) is 13.4 Å². The van der Waals surface area contributed by atoms with Gasteiger partial charge in [-0.2, -0.15) is 0 Å². The third kappa shape index (κ3) is 2.78. The predicted molar refractivity (Wildman–Crippen MR) is 92.6 cm³/mol. The van der Waals surface area contributed by atoms with Crippen molar-refractivity contribution < 1.29 is 12.8 Å². The van der Waals surface area contributed by atoms with Crippen molar-refractivity contribution in [1.82, 2.24) is 4.98 Å². The highest BCUT2D eigenvalue weighted by atomic mass is 32.2. The maximum absolute atomic E-state index is 12.7. The fourth-order valence-corrected chi connectivity index (χ4v) is 4.29. The SMILES string of the molecule is Cc1nc2ccc(NS(=O)(=O)c3ccc4c(c3)CCCC4)cc2o1. The largest absolute Gasteiger partial charge is 0.441 e. The van der Waals surface area contributed by atoms with E-state index in [4.69, 9.17) is 4.42 Å². The van der Waals surface area contributed by atoms with E-state index < -0.39 is 10.0 Å². The number of hydrogen-bond acceptors (Lipinski definition) is 4. The van der Waals surface area contributed by atoms with E-state index in [1.807, 2.05) is 6.07 Å². The van der Waals surface area contributed by atoms with Crippen LogP contribution in [0.2, 0.25) is 0 Å². The Morgan fingerprint density at radius 1 is 1.04 bits per heavy atom. The minimum absolute atomic E-state index is 0.303. The molecule has 1 aromatic heterocycles. The van der Waals surface area contributed by atoms with Gasteiger partial charge in [0.1, 0.15) is 5.52 Å². The van der Waals surface area contributed by atoms with Crippen LogP contribution in [0.25, 0.3) is 11.1 Å². The van der Waals surface area contributed by atoms with Gasteiger partial charge in [-0.05, 0) is 61.1 Å². The van der Waals surface area contributed by atoms with Gasteiger partial charge in [0.2, 0.25) is 0 Å². The van der Waals surface area contributed by atoms with Gasteiger partial charge in [-0.15, -0.1) is 0 Å². The first-order valence-electron chi connectivity index (χ1n) is 8.03. The lowest BCUT2D eigenvalue weighted by Crippen LogP contribution is -2.14. The highest BCUT2D eigenvalue weighted by Crippen LogP contribution is 2.26. The van der Waals surface area contributed by atoms with Crippen LogP contribution in [0.3, 0.4) is 0 Å². The highest BCUT2D eigenvalue weighted by Gasteiger charge is 2.18. The Bertz CT molecular complexity index is 1020. The molecule has 0 atom stereocenters. The summed E-state index contributed by atoms with van der Waals surface area (Å²) >= 11 is 0. The summed E-state index contributed by atoms with van der Waals surface area (Å²) in [5, 5.41) is 0. The number of nitrogens with one attached hydrogen (secondary N) is 1. The Hall–Kier alpha value is -2.34. The van der Waals surface area contributed by atoms with Crippen LogP contribution in [-0.2, 0) is 22.9 Å². The second-order valence-corrected chi connectivity index (χ2v) is 7.84. The molecule has 0 bridgehead atoms. The van der Waals surface area contributed by atoms with E-state index in [0.29, 0.717) is 27.6 Å². The number of anilines is 1. The van der Waals surface area contributed by atoms with Crippen molar-refractivity contribution in [2.75, 3.05) is 4.72 Å². The van der Waals surface area contributed by atoms with Crippen molar-refractivity contribution in [3.63, 3.8) is 0 Å². The summed E-state index contributed by atoms with van der Waals surface area (Å²) in [7, 11) is -3.62. The zero-order chi connectivity index (χ0) is 16.7. The Morgan fingerprint density at radius 3 is 2.67 bits per heavy atom. The molecule has 124 valence electrons. The maximum Gasteiger partial charge on any atom is 0.261 e. The van der Waals surface area contributed by atoms with Gasteiger partial charge in [0.25, 0.3) is 10.0 Å². The molecule has 4 rings (SSSR count). The molecule has 3 aromatic rings. The van der Waals surface area contributed by atoms with Gasteiger partial charge in [-0.3, -0.25) is 4.72 Å². The zero-order valence-electron chi connectivity index (χ0n) is 13.4. The molecule has 5 nitrogen and oxygen atoms in total. The number of hydrogen-bond donors (Lipinski definition) is 1. The molecule has 1 heterocycles. The van der Waals surface area contributed by atoms with Crippen molar-refractivity contribution in [2.45, 2.75) is 37.5 Å². The topological polar surface area (TPSA) is 72.2 Å². The predicted octanol–water partition coefficient (Wildman–Crippen LogP) is 3.82.